The monoisotopic (exact) mass is 265 g/mol. The fourth-order valence-corrected chi connectivity index (χ4v) is 2.86. The van der Waals surface area contributed by atoms with Crippen molar-refractivity contribution in [1.82, 2.24) is 9.78 Å². The van der Waals surface area contributed by atoms with Gasteiger partial charge in [0.2, 0.25) is 0 Å². The van der Waals surface area contributed by atoms with Gasteiger partial charge in [0.05, 0.1) is 5.69 Å². The summed E-state index contributed by atoms with van der Waals surface area (Å²) in [4.78, 5) is 0. The van der Waals surface area contributed by atoms with Gasteiger partial charge in [-0.2, -0.15) is 5.10 Å². The minimum atomic E-state index is 0.268. The summed E-state index contributed by atoms with van der Waals surface area (Å²) in [5.41, 5.74) is 1.24. The van der Waals surface area contributed by atoms with E-state index >= 15 is 0 Å². The number of rotatable bonds is 7. The van der Waals surface area contributed by atoms with Crippen molar-refractivity contribution in [3.8, 4) is 0 Å². The molecule has 0 spiro atoms. The van der Waals surface area contributed by atoms with Gasteiger partial charge in [-0.05, 0) is 25.2 Å². The van der Waals surface area contributed by atoms with E-state index < -0.39 is 0 Å². The minimum absolute atomic E-state index is 0.268. The Kier molecular flexibility index (Phi) is 5.25. The Morgan fingerprint density at radius 1 is 1.53 bits per heavy atom. The van der Waals surface area contributed by atoms with Crippen molar-refractivity contribution >= 4 is 5.82 Å². The number of nitrogens with one attached hydrogen (secondary N) is 1. The smallest absolute Gasteiger partial charge is 0.124 e. The first-order chi connectivity index (χ1) is 9.28. The highest BCUT2D eigenvalue weighted by Crippen LogP contribution is 2.29. The molecule has 0 aromatic carbocycles. The molecule has 2 rings (SSSR count). The van der Waals surface area contributed by atoms with Crippen molar-refractivity contribution in [1.29, 1.82) is 0 Å². The molecule has 0 fully saturated rings. The van der Waals surface area contributed by atoms with Gasteiger partial charge in [-0.15, -0.1) is 0 Å². The maximum atomic E-state index is 9.04. The van der Waals surface area contributed by atoms with Crippen LogP contribution in [0.15, 0.2) is 6.07 Å². The molecule has 1 aromatic heterocycles. The van der Waals surface area contributed by atoms with Crippen LogP contribution < -0.4 is 5.32 Å². The molecule has 0 aliphatic carbocycles. The Labute approximate surface area is 116 Å². The van der Waals surface area contributed by atoms with Crippen LogP contribution in [0.1, 0.15) is 57.6 Å². The molecule has 4 heteroatoms. The molecular weight excluding hydrogens is 238 g/mol. The molecule has 2 unspecified atom stereocenters. The van der Waals surface area contributed by atoms with Crippen molar-refractivity contribution < 1.29 is 5.11 Å². The molecule has 0 saturated heterocycles. The van der Waals surface area contributed by atoms with Crippen LogP contribution >= 0.6 is 0 Å². The van der Waals surface area contributed by atoms with Gasteiger partial charge in [0.1, 0.15) is 5.82 Å². The van der Waals surface area contributed by atoms with E-state index in [2.05, 4.69) is 29.9 Å². The number of unbranched alkanes of at least 4 members (excludes halogenated alkanes) is 1. The normalized spacial score (nSPS) is 19.8. The number of nitrogens with zero attached hydrogens (tertiary/aromatic N) is 2. The Morgan fingerprint density at radius 3 is 3.05 bits per heavy atom. The lowest BCUT2D eigenvalue weighted by atomic mass is 9.96. The first-order valence-electron chi connectivity index (χ1n) is 7.70. The van der Waals surface area contributed by atoms with Crippen molar-refractivity contribution in [2.24, 2.45) is 5.92 Å². The van der Waals surface area contributed by atoms with E-state index in [0.717, 1.165) is 31.7 Å². The van der Waals surface area contributed by atoms with Gasteiger partial charge in [-0.25, -0.2) is 4.68 Å². The number of anilines is 1. The Morgan fingerprint density at radius 2 is 2.37 bits per heavy atom. The zero-order valence-electron chi connectivity index (χ0n) is 12.2. The van der Waals surface area contributed by atoms with Crippen LogP contribution in [0.2, 0.25) is 0 Å². The summed E-state index contributed by atoms with van der Waals surface area (Å²) in [5, 5.41) is 17.3. The average molecular weight is 265 g/mol. The second kappa shape index (κ2) is 6.94. The summed E-state index contributed by atoms with van der Waals surface area (Å²) >= 11 is 0. The second-order valence-electron chi connectivity index (χ2n) is 5.64. The van der Waals surface area contributed by atoms with E-state index in [-0.39, 0.29) is 6.61 Å². The summed E-state index contributed by atoms with van der Waals surface area (Å²) in [6.07, 6.45) is 5.79. The SMILES string of the molecule is CCCCC(CC)c1cc2n(n1)CC(CCO)CN2. The first-order valence-corrected chi connectivity index (χ1v) is 7.70. The van der Waals surface area contributed by atoms with Gasteiger partial charge >= 0.3 is 0 Å². The summed E-state index contributed by atoms with van der Waals surface area (Å²) in [6, 6.07) is 2.22. The highest BCUT2D eigenvalue weighted by atomic mass is 16.3. The molecule has 0 amide bonds. The van der Waals surface area contributed by atoms with E-state index in [4.69, 9.17) is 10.2 Å². The predicted molar refractivity (Wildman–Crippen MR) is 78.5 cm³/mol. The highest BCUT2D eigenvalue weighted by molar-refractivity contribution is 5.39. The molecule has 4 nitrogen and oxygen atoms in total. The van der Waals surface area contributed by atoms with Gasteiger partial charge in [-0.3, -0.25) is 0 Å². The van der Waals surface area contributed by atoms with Crippen molar-refractivity contribution in [3.05, 3.63) is 11.8 Å². The number of aliphatic hydroxyl groups is 1. The average Bonchev–Trinajstić information content (AvgIpc) is 2.83. The molecule has 0 bridgehead atoms. The topological polar surface area (TPSA) is 50.1 Å². The maximum Gasteiger partial charge on any atom is 0.124 e. The number of aromatic nitrogens is 2. The summed E-state index contributed by atoms with van der Waals surface area (Å²) in [7, 11) is 0. The molecule has 2 atom stereocenters. The number of hydrogen-bond acceptors (Lipinski definition) is 3. The van der Waals surface area contributed by atoms with Crippen LogP contribution in [0.4, 0.5) is 5.82 Å². The minimum Gasteiger partial charge on any atom is -0.396 e. The third-order valence-corrected chi connectivity index (χ3v) is 4.16. The van der Waals surface area contributed by atoms with Crippen molar-refractivity contribution in [3.63, 3.8) is 0 Å². The predicted octanol–water partition coefficient (Wildman–Crippen LogP) is 2.99. The highest BCUT2D eigenvalue weighted by Gasteiger charge is 2.21. The molecule has 0 radical (unpaired) electrons. The second-order valence-corrected chi connectivity index (χ2v) is 5.64. The fourth-order valence-electron chi connectivity index (χ4n) is 2.86. The molecule has 19 heavy (non-hydrogen) atoms. The van der Waals surface area contributed by atoms with Crippen LogP contribution in [0.3, 0.4) is 0 Å². The quantitative estimate of drug-likeness (QED) is 0.797. The fraction of sp³-hybridized carbons (Fsp3) is 0.800. The van der Waals surface area contributed by atoms with E-state index in [1.807, 2.05) is 0 Å². The summed E-state index contributed by atoms with van der Waals surface area (Å²) in [6.45, 7) is 6.65. The molecule has 108 valence electrons. The summed E-state index contributed by atoms with van der Waals surface area (Å²) < 4.78 is 2.09. The van der Waals surface area contributed by atoms with Crippen LogP contribution in [0.25, 0.3) is 0 Å². The zero-order valence-corrected chi connectivity index (χ0v) is 12.2. The Bertz CT molecular complexity index is 389. The van der Waals surface area contributed by atoms with Crippen LogP contribution in [-0.4, -0.2) is 28.0 Å². The third-order valence-electron chi connectivity index (χ3n) is 4.16. The lowest BCUT2D eigenvalue weighted by Gasteiger charge is -2.24. The van der Waals surface area contributed by atoms with Crippen LogP contribution in [-0.2, 0) is 6.54 Å². The number of aliphatic hydroxyl groups excluding tert-OH is 1. The van der Waals surface area contributed by atoms with Crippen LogP contribution in [0.5, 0.6) is 0 Å². The van der Waals surface area contributed by atoms with Gasteiger partial charge in [0.25, 0.3) is 0 Å². The lowest BCUT2D eigenvalue weighted by Crippen LogP contribution is -2.28. The molecule has 1 aliphatic rings. The van der Waals surface area contributed by atoms with Gasteiger partial charge < -0.3 is 10.4 Å². The molecule has 1 aromatic rings. The summed E-state index contributed by atoms with van der Waals surface area (Å²) in [5.74, 6) is 2.25. The van der Waals surface area contributed by atoms with Crippen molar-refractivity contribution in [2.75, 3.05) is 18.5 Å². The molecule has 2 N–H and O–H groups in total. The van der Waals surface area contributed by atoms with Gasteiger partial charge in [0, 0.05) is 31.7 Å². The van der Waals surface area contributed by atoms with E-state index in [9.17, 15) is 0 Å². The molecule has 2 heterocycles. The number of fused-ring (bicyclic) bond motifs is 1. The van der Waals surface area contributed by atoms with Crippen LogP contribution in [0, 0.1) is 5.92 Å². The number of hydrogen-bond donors (Lipinski definition) is 2. The Hall–Kier alpha value is -1.03. The maximum absolute atomic E-state index is 9.04. The van der Waals surface area contributed by atoms with Crippen molar-refractivity contribution in [2.45, 2.75) is 58.4 Å². The molecular formula is C15H27N3O. The van der Waals surface area contributed by atoms with Gasteiger partial charge in [-0.1, -0.05) is 26.7 Å². The van der Waals surface area contributed by atoms with E-state index in [1.54, 1.807) is 0 Å². The molecule has 0 saturated carbocycles. The standard InChI is InChI=1S/C15H27N3O/c1-3-5-6-13(4-2)14-9-15-16-10-12(7-8-19)11-18(15)17-14/h9,12-13,16,19H,3-8,10-11H2,1-2H3. The zero-order chi connectivity index (χ0) is 13.7. The van der Waals surface area contributed by atoms with E-state index in [0.29, 0.717) is 11.8 Å². The van der Waals surface area contributed by atoms with Gasteiger partial charge in [0.15, 0.2) is 0 Å². The third kappa shape index (κ3) is 3.50. The first kappa shape index (κ1) is 14.4. The largest absolute Gasteiger partial charge is 0.396 e. The molecule has 1 aliphatic heterocycles. The lowest BCUT2D eigenvalue weighted by molar-refractivity contribution is 0.244. The van der Waals surface area contributed by atoms with E-state index in [1.165, 1.54) is 25.0 Å². The Balaban J connectivity index is 2.04.